The number of halogens is 3. The number of nitrogens with zero attached hydrogens (tertiary/aromatic N) is 3. The lowest BCUT2D eigenvalue weighted by molar-refractivity contribution is -0.187. The number of hydrogen-bond donors (Lipinski definition) is 0. The van der Waals surface area contributed by atoms with E-state index in [1.165, 1.54) is 4.90 Å². The van der Waals surface area contributed by atoms with E-state index in [1.807, 2.05) is 0 Å². The molecule has 1 saturated heterocycles. The van der Waals surface area contributed by atoms with Crippen LogP contribution in [-0.4, -0.2) is 79.5 Å². The normalized spacial score (nSPS) is 17.2. The first-order valence-electron chi connectivity index (χ1n) is 5.50. The summed E-state index contributed by atoms with van der Waals surface area (Å²) in [4.78, 5) is 26.5. The lowest BCUT2D eigenvalue weighted by Crippen LogP contribution is -2.54. The van der Waals surface area contributed by atoms with Gasteiger partial charge in [-0.1, -0.05) is 0 Å². The van der Waals surface area contributed by atoms with Gasteiger partial charge in [-0.15, -0.1) is 0 Å². The number of carbonyl (C=O) groups excluding carboxylic acids is 2. The lowest BCUT2D eigenvalue weighted by Gasteiger charge is -2.35. The van der Waals surface area contributed by atoms with E-state index in [4.69, 9.17) is 0 Å². The summed E-state index contributed by atoms with van der Waals surface area (Å²) in [5.41, 5.74) is 0. The number of likely N-dealkylation sites (N-methyl/N-ethyl adjacent to an activating group) is 1. The van der Waals surface area contributed by atoms with Gasteiger partial charge in [0.2, 0.25) is 5.91 Å². The van der Waals surface area contributed by atoms with Crippen molar-refractivity contribution in [3.63, 3.8) is 0 Å². The Kier molecular flexibility index (Phi) is 4.55. The predicted octanol–water partition coefficient (Wildman–Crippen LogP) is -0.219. The van der Waals surface area contributed by atoms with E-state index in [2.05, 4.69) is 0 Å². The highest BCUT2D eigenvalue weighted by Crippen LogP contribution is 2.19. The molecule has 0 spiro atoms. The second-order valence-corrected chi connectivity index (χ2v) is 4.41. The van der Waals surface area contributed by atoms with Crippen LogP contribution < -0.4 is 0 Å². The van der Waals surface area contributed by atoms with E-state index in [0.29, 0.717) is 0 Å². The second kappa shape index (κ2) is 5.55. The molecular weight excluding hydrogens is 251 g/mol. The highest BCUT2D eigenvalue weighted by Gasteiger charge is 2.43. The second-order valence-electron chi connectivity index (χ2n) is 4.41. The van der Waals surface area contributed by atoms with Crippen LogP contribution in [0, 0.1) is 0 Å². The Bertz CT molecular complexity index is 323. The van der Waals surface area contributed by atoms with Gasteiger partial charge in [0.1, 0.15) is 0 Å². The third kappa shape index (κ3) is 3.86. The molecule has 5 nitrogen and oxygen atoms in total. The van der Waals surface area contributed by atoms with Crippen LogP contribution in [0.3, 0.4) is 0 Å². The molecule has 0 bridgehead atoms. The third-order valence-electron chi connectivity index (χ3n) is 2.61. The Morgan fingerprint density at radius 1 is 1.06 bits per heavy atom. The Morgan fingerprint density at radius 2 is 1.50 bits per heavy atom. The number of alkyl halides is 3. The van der Waals surface area contributed by atoms with Crippen LogP contribution in [0.1, 0.15) is 0 Å². The van der Waals surface area contributed by atoms with E-state index in [-0.39, 0.29) is 38.6 Å². The van der Waals surface area contributed by atoms with Crippen molar-refractivity contribution in [2.24, 2.45) is 0 Å². The first-order valence-corrected chi connectivity index (χ1v) is 5.50. The molecule has 2 amide bonds. The molecule has 1 aliphatic rings. The van der Waals surface area contributed by atoms with Gasteiger partial charge in [-0.3, -0.25) is 9.59 Å². The van der Waals surface area contributed by atoms with Crippen LogP contribution in [0.2, 0.25) is 0 Å². The summed E-state index contributed by atoms with van der Waals surface area (Å²) in [7, 11) is 3.47. The van der Waals surface area contributed by atoms with Crippen LogP contribution in [0.25, 0.3) is 0 Å². The van der Waals surface area contributed by atoms with Gasteiger partial charge in [-0.2, -0.15) is 13.2 Å². The van der Waals surface area contributed by atoms with Gasteiger partial charge in [-0.05, 0) is 14.1 Å². The lowest BCUT2D eigenvalue weighted by atomic mass is 10.3. The quantitative estimate of drug-likeness (QED) is 0.695. The molecule has 0 N–H and O–H groups in total. The average molecular weight is 267 g/mol. The number of carbonyl (C=O) groups is 2. The molecule has 1 aliphatic heterocycles. The van der Waals surface area contributed by atoms with Crippen molar-refractivity contribution in [1.82, 2.24) is 14.7 Å². The highest BCUT2D eigenvalue weighted by molar-refractivity contribution is 5.82. The molecule has 0 aromatic heterocycles. The van der Waals surface area contributed by atoms with E-state index in [1.54, 1.807) is 19.0 Å². The molecule has 0 unspecified atom stereocenters. The summed E-state index contributed by atoms with van der Waals surface area (Å²) in [6, 6.07) is 0. The topological polar surface area (TPSA) is 43.9 Å². The maximum Gasteiger partial charge on any atom is 0.471 e. The first-order chi connectivity index (χ1) is 8.21. The monoisotopic (exact) mass is 267 g/mol. The summed E-state index contributed by atoms with van der Waals surface area (Å²) in [6.07, 6.45) is -4.84. The molecule has 1 fully saturated rings. The summed E-state index contributed by atoms with van der Waals surface area (Å²) in [6.45, 7) is 0.366. The summed E-state index contributed by atoms with van der Waals surface area (Å²) < 4.78 is 36.5. The number of rotatable bonds is 2. The van der Waals surface area contributed by atoms with Crippen LogP contribution in [0.5, 0.6) is 0 Å². The van der Waals surface area contributed by atoms with Crippen LogP contribution in [-0.2, 0) is 9.59 Å². The van der Waals surface area contributed by atoms with Gasteiger partial charge in [0.25, 0.3) is 0 Å². The summed E-state index contributed by atoms with van der Waals surface area (Å²) in [5.74, 6) is -1.97. The third-order valence-corrected chi connectivity index (χ3v) is 2.61. The molecule has 0 radical (unpaired) electrons. The average Bonchev–Trinajstić information content (AvgIpc) is 2.26. The summed E-state index contributed by atoms with van der Waals surface area (Å²) >= 11 is 0. The number of piperazine rings is 1. The minimum Gasteiger partial charge on any atom is -0.338 e. The summed E-state index contributed by atoms with van der Waals surface area (Å²) in [5, 5.41) is 0. The zero-order chi connectivity index (χ0) is 13.9. The van der Waals surface area contributed by atoms with E-state index in [9.17, 15) is 22.8 Å². The van der Waals surface area contributed by atoms with Crippen molar-refractivity contribution >= 4 is 11.8 Å². The molecule has 0 aromatic carbocycles. The molecule has 104 valence electrons. The maximum atomic E-state index is 12.2. The minimum absolute atomic E-state index is 0.0719. The van der Waals surface area contributed by atoms with Crippen molar-refractivity contribution in [1.29, 1.82) is 0 Å². The number of amides is 2. The van der Waals surface area contributed by atoms with Gasteiger partial charge in [-0.25, -0.2) is 0 Å². The fourth-order valence-electron chi connectivity index (χ4n) is 1.71. The van der Waals surface area contributed by atoms with Gasteiger partial charge < -0.3 is 14.7 Å². The highest BCUT2D eigenvalue weighted by atomic mass is 19.4. The Morgan fingerprint density at radius 3 is 1.89 bits per heavy atom. The molecule has 1 rings (SSSR count). The molecular formula is C10H16F3N3O2. The fraction of sp³-hybridized carbons (Fsp3) is 0.800. The van der Waals surface area contributed by atoms with Crippen LogP contribution in [0.15, 0.2) is 0 Å². The van der Waals surface area contributed by atoms with Crippen molar-refractivity contribution in [2.45, 2.75) is 6.18 Å². The van der Waals surface area contributed by atoms with Gasteiger partial charge in [0.05, 0.1) is 6.54 Å². The zero-order valence-corrected chi connectivity index (χ0v) is 10.3. The molecule has 8 heteroatoms. The SMILES string of the molecule is CN(C)CC(=O)N1CCN(C(=O)C(F)(F)F)CC1. The Balaban J connectivity index is 2.46. The molecule has 0 atom stereocenters. The first kappa shape index (κ1) is 14.7. The Hall–Kier alpha value is -1.31. The molecule has 0 aromatic rings. The van der Waals surface area contributed by atoms with Gasteiger partial charge >= 0.3 is 12.1 Å². The zero-order valence-electron chi connectivity index (χ0n) is 10.3. The van der Waals surface area contributed by atoms with Crippen molar-refractivity contribution < 1.29 is 22.8 Å². The largest absolute Gasteiger partial charge is 0.471 e. The molecule has 1 heterocycles. The fourth-order valence-corrected chi connectivity index (χ4v) is 1.71. The van der Waals surface area contributed by atoms with Crippen molar-refractivity contribution in [2.75, 3.05) is 46.8 Å². The maximum absolute atomic E-state index is 12.2. The molecule has 0 aliphatic carbocycles. The Labute approximate surface area is 103 Å². The van der Waals surface area contributed by atoms with Crippen molar-refractivity contribution in [3.8, 4) is 0 Å². The van der Waals surface area contributed by atoms with Crippen LogP contribution in [0.4, 0.5) is 13.2 Å². The van der Waals surface area contributed by atoms with E-state index in [0.717, 1.165) is 4.90 Å². The van der Waals surface area contributed by atoms with Gasteiger partial charge in [0.15, 0.2) is 0 Å². The molecule has 18 heavy (non-hydrogen) atoms. The standard InChI is InChI=1S/C10H16F3N3O2/c1-14(2)7-8(17)15-3-5-16(6-4-15)9(18)10(11,12)13/h3-7H2,1-2H3. The van der Waals surface area contributed by atoms with Gasteiger partial charge in [0, 0.05) is 26.2 Å². The van der Waals surface area contributed by atoms with Crippen molar-refractivity contribution in [3.05, 3.63) is 0 Å². The predicted molar refractivity (Wildman–Crippen MR) is 57.8 cm³/mol. The van der Waals surface area contributed by atoms with Crippen LogP contribution >= 0.6 is 0 Å². The van der Waals surface area contributed by atoms with E-state index < -0.39 is 12.1 Å². The molecule has 0 saturated carbocycles. The smallest absolute Gasteiger partial charge is 0.338 e. The van der Waals surface area contributed by atoms with E-state index >= 15 is 0 Å². The number of hydrogen-bond acceptors (Lipinski definition) is 3. The minimum atomic E-state index is -4.84.